The Labute approximate surface area is 69.1 Å². The van der Waals surface area contributed by atoms with E-state index in [2.05, 4.69) is 0 Å². The molecule has 0 unspecified atom stereocenters. The SMILES string of the molecule is CC(=O)[C@@H](N)CSCC(=O)O. The Morgan fingerprint density at radius 1 is 1.64 bits per heavy atom. The molecule has 0 heterocycles. The van der Waals surface area contributed by atoms with Crippen LogP contribution in [0.4, 0.5) is 0 Å². The minimum absolute atomic E-state index is 0.000972. The number of carbonyl (C=O) groups excluding carboxylic acids is 1. The highest BCUT2D eigenvalue weighted by molar-refractivity contribution is 8.00. The molecular formula is C6H11NO3S. The molecular weight excluding hydrogens is 166 g/mol. The monoisotopic (exact) mass is 177 g/mol. The van der Waals surface area contributed by atoms with Gasteiger partial charge in [-0.1, -0.05) is 0 Å². The number of rotatable bonds is 5. The first kappa shape index (κ1) is 10.4. The van der Waals surface area contributed by atoms with Crippen molar-refractivity contribution in [2.24, 2.45) is 5.73 Å². The molecule has 1 atom stereocenters. The summed E-state index contributed by atoms with van der Waals surface area (Å²) in [6, 6.07) is -0.528. The van der Waals surface area contributed by atoms with Crippen LogP contribution in [0.15, 0.2) is 0 Å². The van der Waals surface area contributed by atoms with E-state index in [1.54, 1.807) is 0 Å². The molecule has 0 aromatic heterocycles. The van der Waals surface area contributed by atoms with Crippen LogP contribution < -0.4 is 5.73 Å². The van der Waals surface area contributed by atoms with Gasteiger partial charge in [0.15, 0.2) is 0 Å². The molecule has 0 saturated heterocycles. The lowest BCUT2D eigenvalue weighted by molar-refractivity contribution is -0.134. The molecule has 0 aliphatic heterocycles. The molecule has 5 heteroatoms. The van der Waals surface area contributed by atoms with Gasteiger partial charge >= 0.3 is 5.97 Å². The maximum absolute atomic E-state index is 10.5. The van der Waals surface area contributed by atoms with E-state index in [0.29, 0.717) is 5.75 Å². The summed E-state index contributed by atoms with van der Waals surface area (Å²) in [6.07, 6.45) is 0. The standard InChI is InChI=1S/C6H11NO3S/c1-4(8)5(7)2-11-3-6(9)10/h5H,2-3,7H2,1H3,(H,9,10)/t5-/m0/s1. The van der Waals surface area contributed by atoms with E-state index in [0.717, 1.165) is 11.8 Å². The molecule has 0 aromatic rings. The van der Waals surface area contributed by atoms with Crippen molar-refractivity contribution in [3.63, 3.8) is 0 Å². The molecule has 0 rings (SSSR count). The molecule has 0 amide bonds. The molecule has 0 fully saturated rings. The molecule has 0 bridgehead atoms. The minimum Gasteiger partial charge on any atom is -0.481 e. The van der Waals surface area contributed by atoms with Crippen LogP contribution >= 0.6 is 11.8 Å². The molecule has 0 aliphatic rings. The van der Waals surface area contributed by atoms with Gasteiger partial charge in [0.05, 0.1) is 11.8 Å². The van der Waals surface area contributed by atoms with Gasteiger partial charge in [0.2, 0.25) is 0 Å². The first-order valence-electron chi connectivity index (χ1n) is 3.09. The summed E-state index contributed by atoms with van der Waals surface area (Å²) in [5.74, 6) is -0.614. The van der Waals surface area contributed by atoms with Gasteiger partial charge in [-0.3, -0.25) is 9.59 Å². The van der Waals surface area contributed by atoms with Crippen molar-refractivity contribution in [1.29, 1.82) is 0 Å². The maximum Gasteiger partial charge on any atom is 0.313 e. The summed E-state index contributed by atoms with van der Waals surface area (Å²) in [7, 11) is 0. The number of carboxylic acid groups (broad SMARTS) is 1. The first-order valence-corrected chi connectivity index (χ1v) is 4.25. The Morgan fingerprint density at radius 2 is 2.18 bits per heavy atom. The van der Waals surface area contributed by atoms with Crippen LogP contribution in [0.1, 0.15) is 6.92 Å². The van der Waals surface area contributed by atoms with Crippen LogP contribution in [0, 0.1) is 0 Å². The maximum atomic E-state index is 10.5. The van der Waals surface area contributed by atoms with E-state index in [4.69, 9.17) is 10.8 Å². The third-order valence-corrected chi connectivity index (χ3v) is 2.09. The Bertz CT molecular complexity index is 160. The van der Waals surface area contributed by atoms with E-state index < -0.39 is 12.0 Å². The summed E-state index contributed by atoms with van der Waals surface area (Å²) in [5, 5.41) is 8.22. The number of aliphatic carboxylic acids is 1. The van der Waals surface area contributed by atoms with Gasteiger partial charge in [-0.15, -0.1) is 11.8 Å². The number of ketones is 1. The average Bonchev–Trinajstić information content (AvgIpc) is 1.86. The van der Waals surface area contributed by atoms with Crippen molar-refractivity contribution in [2.45, 2.75) is 13.0 Å². The summed E-state index contributed by atoms with van der Waals surface area (Å²) in [5.41, 5.74) is 5.34. The van der Waals surface area contributed by atoms with Crippen molar-refractivity contribution in [3.05, 3.63) is 0 Å². The fourth-order valence-corrected chi connectivity index (χ4v) is 1.17. The van der Waals surface area contributed by atoms with E-state index >= 15 is 0 Å². The highest BCUT2D eigenvalue weighted by Gasteiger charge is 2.08. The minimum atomic E-state index is -0.884. The highest BCUT2D eigenvalue weighted by Crippen LogP contribution is 2.01. The summed E-state index contributed by atoms with van der Waals surface area (Å²) < 4.78 is 0. The number of nitrogens with two attached hydrogens (primary N) is 1. The largest absolute Gasteiger partial charge is 0.481 e. The molecule has 11 heavy (non-hydrogen) atoms. The molecule has 4 nitrogen and oxygen atoms in total. The zero-order valence-corrected chi connectivity index (χ0v) is 7.06. The summed E-state index contributed by atoms with van der Waals surface area (Å²) in [6.45, 7) is 1.39. The zero-order valence-electron chi connectivity index (χ0n) is 6.24. The lowest BCUT2D eigenvalue weighted by Crippen LogP contribution is -2.31. The topological polar surface area (TPSA) is 80.4 Å². The van der Waals surface area contributed by atoms with Crippen molar-refractivity contribution in [3.8, 4) is 0 Å². The first-order chi connectivity index (χ1) is 5.04. The predicted molar refractivity (Wildman–Crippen MR) is 43.6 cm³/mol. The van der Waals surface area contributed by atoms with Crippen LogP contribution in [0.5, 0.6) is 0 Å². The normalized spacial score (nSPS) is 12.5. The second-order valence-electron chi connectivity index (χ2n) is 2.13. The average molecular weight is 177 g/mol. The Balaban J connectivity index is 3.39. The molecule has 3 N–H and O–H groups in total. The van der Waals surface area contributed by atoms with Crippen molar-refractivity contribution in [1.82, 2.24) is 0 Å². The number of hydrogen-bond acceptors (Lipinski definition) is 4. The van der Waals surface area contributed by atoms with E-state index in [1.807, 2.05) is 0 Å². The van der Waals surface area contributed by atoms with Crippen LogP contribution in [-0.4, -0.2) is 34.4 Å². The van der Waals surface area contributed by atoms with E-state index in [9.17, 15) is 9.59 Å². The Morgan fingerprint density at radius 3 is 2.55 bits per heavy atom. The fourth-order valence-electron chi connectivity index (χ4n) is 0.391. The van der Waals surface area contributed by atoms with Crippen LogP contribution in [0.3, 0.4) is 0 Å². The molecule has 0 radical (unpaired) electrons. The molecule has 64 valence electrons. The van der Waals surface area contributed by atoms with Gasteiger partial charge < -0.3 is 10.8 Å². The number of Topliss-reactive ketones (excluding diaryl/α,β-unsaturated/α-hetero) is 1. The van der Waals surface area contributed by atoms with Crippen LogP contribution in [0.2, 0.25) is 0 Å². The van der Waals surface area contributed by atoms with Gasteiger partial charge in [-0.25, -0.2) is 0 Å². The zero-order chi connectivity index (χ0) is 8.85. The highest BCUT2D eigenvalue weighted by atomic mass is 32.2. The number of thioether (sulfide) groups is 1. The van der Waals surface area contributed by atoms with E-state index in [1.165, 1.54) is 6.92 Å². The number of carbonyl (C=O) groups is 2. The third kappa shape index (κ3) is 5.87. The van der Waals surface area contributed by atoms with Crippen LogP contribution in [-0.2, 0) is 9.59 Å². The number of carboxylic acids is 1. The van der Waals surface area contributed by atoms with Gasteiger partial charge in [0, 0.05) is 5.75 Å². The van der Waals surface area contributed by atoms with E-state index in [-0.39, 0.29) is 11.5 Å². The smallest absolute Gasteiger partial charge is 0.313 e. The van der Waals surface area contributed by atoms with Gasteiger partial charge in [-0.2, -0.15) is 0 Å². The third-order valence-electron chi connectivity index (χ3n) is 1.05. The van der Waals surface area contributed by atoms with Crippen molar-refractivity contribution < 1.29 is 14.7 Å². The second-order valence-corrected chi connectivity index (χ2v) is 3.16. The van der Waals surface area contributed by atoms with Gasteiger partial charge in [-0.05, 0) is 6.92 Å². The second kappa shape index (κ2) is 5.15. The molecule has 0 spiro atoms. The summed E-state index contributed by atoms with van der Waals surface area (Å²) in [4.78, 5) is 20.5. The lowest BCUT2D eigenvalue weighted by Gasteiger charge is -2.04. The van der Waals surface area contributed by atoms with Crippen LogP contribution in [0.25, 0.3) is 0 Å². The number of hydrogen-bond donors (Lipinski definition) is 2. The quantitative estimate of drug-likeness (QED) is 0.603. The fraction of sp³-hybridized carbons (Fsp3) is 0.667. The molecule has 0 aliphatic carbocycles. The molecule has 0 saturated carbocycles. The Kier molecular flexibility index (Phi) is 4.89. The Hall–Kier alpha value is -0.550. The van der Waals surface area contributed by atoms with Crippen molar-refractivity contribution >= 4 is 23.5 Å². The molecule has 0 aromatic carbocycles. The van der Waals surface area contributed by atoms with Crippen molar-refractivity contribution in [2.75, 3.05) is 11.5 Å². The van der Waals surface area contributed by atoms with Gasteiger partial charge in [0.25, 0.3) is 0 Å². The van der Waals surface area contributed by atoms with Gasteiger partial charge in [0.1, 0.15) is 5.78 Å². The summed E-state index contributed by atoms with van der Waals surface area (Å²) >= 11 is 1.15. The lowest BCUT2D eigenvalue weighted by atomic mass is 10.3. The predicted octanol–water partition coefficient (Wildman–Crippen LogP) is -0.280.